The molecule has 1 aliphatic heterocycles. The Balaban J connectivity index is 1.27. The number of hydrogen-bond donors (Lipinski definition) is 2. The van der Waals surface area contributed by atoms with E-state index in [9.17, 15) is 22.8 Å². The van der Waals surface area contributed by atoms with Gasteiger partial charge in [-0.2, -0.15) is 4.31 Å². The summed E-state index contributed by atoms with van der Waals surface area (Å²) in [5, 5.41) is 12.2. The average Bonchev–Trinajstić information content (AvgIpc) is 3.48. The van der Waals surface area contributed by atoms with Gasteiger partial charge in [0.1, 0.15) is 10.0 Å². The summed E-state index contributed by atoms with van der Waals surface area (Å²) in [4.78, 5) is 38.5. The fourth-order valence-corrected chi connectivity index (χ4v) is 7.80. The van der Waals surface area contributed by atoms with Crippen LogP contribution in [-0.2, 0) is 23.1 Å². The summed E-state index contributed by atoms with van der Waals surface area (Å²) in [7, 11) is -3.82. The Bertz CT molecular complexity index is 1870. The second kappa shape index (κ2) is 12.3. The number of amides is 1. The van der Waals surface area contributed by atoms with E-state index in [4.69, 9.17) is 16.7 Å². The molecule has 0 radical (unpaired) electrons. The molecule has 226 valence electrons. The van der Waals surface area contributed by atoms with Crippen LogP contribution in [0, 0.1) is 5.82 Å². The van der Waals surface area contributed by atoms with E-state index in [2.05, 4.69) is 10.1 Å². The summed E-state index contributed by atoms with van der Waals surface area (Å²) in [6.07, 6.45) is -0.382. The molecule has 1 amide bonds. The molecule has 0 aliphatic carbocycles. The molecule has 2 aromatic carbocycles. The van der Waals surface area contributed by atoms with Crippen LogP contribution in [0.3, 0.4) is 0 Å². The molecule has 0 saturated carbocycles. The van der Waals surface area contributed by atoms with E-state index in [1.54, 1.807) is 46.7 Å². The van der Waals surface area contributed by atoms with Crippen molar-refractivity contribution in [1.29, 1.82) is 0 Å². The number of carbonyl (C=O) groups is 2. The largest absolute Gasteiger partial charge is 0.511 e. The van der Waals surface area contributed by atoms with Crippen molar-refractivity contribution < 1.29 is 32.2 Å². The molecular formula is C28H26ClFN4O7S2. The van der Waals surface area contributed by atoms with Crippen LogP contribution in [-0.4, -0.2) is 60.6 Å². The number of anilines is 1. The minimum Gasteiger partial charge on any atom is -0.449 e. The van der Waals surface area contributed by atoms with E-state index in [-0.39, 0.29) is 53.9 Å². The molecule has 1 aliphatic rings. The monoisotopic (exact) mass is 648 g/mol. The SMILES string of the molecule is CCn1cc(OC(=O)O)c(=O)c2cc(F)c(N3CCN(S(=O)(=O)c4ccc(CNC(=O)c5ccc(Cl)cc5)s4)CC3)cc21. The lowest BCUT2D eigenvalue weighted by Crippen LogP contribution is -2.48. The number of rotatable bonds is 8. The number of pyridine rings is 1. The highest BCUT2D eigenvalue weighted by molar-refractivity contribution is 7.91. The molecule has 2 aromatic heterocycles. The molecule has 5 rings (SSSR count). The molecule has 1 saturated heterocycles. The lowest BCUT2D eigenvalue weighted by Gasteiger charge is -2.35. The highest BCUT2D eigenvalue weighted by Crippen LogP contribution is 2.30. The molecule has 0 bridgehead atoms. The van der Waals surface area contributed by atoms with Gasteiger partial charge in [-0.15, -0.1) is 11.3 Å². The van der Waals surface area contributed by atoms with Crippen LogP contribution in [0.4, 0.5) is 14.9 Å². The fourth-order valence-electron chi connectivity index (χ4n) is 4.80. The van der Waals surface area contributed by atoms with Gasteiger partial charge in [0, 0.05) is 48.2 Å². The van der Waals surface area contributed by atoms with E-state index < -0.39 is 33.2 Å². The van der Waals surface area contributed by atoms with Gasteiger partial charge in [0.2, 0.25) is 5.43 Å². The second-order valence-corrected chi connectivity index (χ2v) is 13.4. The third kappa shape index (κ3) is 6.37. The number of carbonyl (C=O) groups excluding carboxylic acids is 1. The summed E-state index contributed by atoms with van der Waals surface area (Å²) < 4.78 is 49.6. The number of aryl methyl sites for hydroxylation is 1. The van der Waals surface area contributed by atoms with Crippen molar-refractivity contribution in [2.24, 2.45) is 0 Å². The smallest absolute Gasteiger partial charge is 0.449 e. The third-order valence-corrected chi connectivity index (χ3v) is 10.7. The number of sulfonamides is 1. The molecule has 1 fully saturated rings. The number of carboxylic acid groups (broad SMARTS) is 1. The van der Waals surface area contributed by atoms with Crippen LogP contribution in [0.15, 0.2) is 63.7 Å². The van der Waals surface area contributed by atoms with E-state index in [1.165, 1.54) is 22.6 Å². The summed E-state index contributed by atoms with van der Waals surface area (Å²) >= 11 is 6.93. The molecule has 0 atom stereocenters. The van der Waals surface area contributed by atoms with Gasteiger partial charge in [-0.1, -0.05) is 11.6 Å². The summed E-state index contributed by atoms with van der Waals surface area (Å²) in [5.74, 6) is -1.43. The van der Waals surface area contributed by atoms with Crippen molar-refractivity contribution in [3.05, 3.63) is 86.2 Å². The number of ether oxygens (including phenoxy) is 1. The summed E-state index contributed by atoms with van der Waals surface area (Å²) in [6.45, 7) is 2.91. The maximum atomic E-state index is 15.3. The van der Waals surface area contributed by atoms with Gasteiger partial charge >= 0.3 is 6.16 Å². The number of thiophene rings is 1. The Labute approximate surface area is 254 Å². The van der Waals surface area contributed by atoms with Crippen molar-refractivity contribution in [3.63, 3.8) is 0 Å². The Morgan fingerprint density at radius 3 is 2.44 bits per heavy atom. The number of halogens is 2. The van der Waals surface area contributed by atoms with Gasteiger partial charge in [-0.05, 0) is 55.5 Å². The Morgan fingerprint density at radius 2 is 1.79 bits per heavy atom. The summed E-state index contributed by atoms with van der Waals surface area (Å²) in [5.41, 5.74) is 0.284. The molecule has 11 nitrogen and oxygen atoms in total. The van der Waals surface area contributed by atoms with Crippen molar-refractivity contribution in [2.45, 2.75) is 24.2 Å². The second-order valence-electron chi connectivity index (χ2n) is 9.60. The number of benzene rings is 2. The van der Waals surface area contributed by atoms with Gasteiger partial charge < -0.3 is 24.6 Å². The Morgan fingerprint density at radius 1 is 1.09 bits per heavy atom. The number of aromatic nitrogens is 1. The minimum atomic E-state index is -3.82. The maximum absolute atomic E-state index is 15.3. The third-order valence-electron chi connectivity index (χ3n) is 6.99. The van der Waals surface area contributed by atoms with E-state index in [0.717, 1.165) is 17.4 Å². The predicted molar refractivity (Wildman–Crippen MR) is 160 cm³/mol. The van der Waals surface area contributed by atoms with Gasteiger partial charge in [-0.25, -0.2) is 17.6 Å². The van der Waals surface area contributed by atoms with Crippen LogP contribution in [0.1, 0.15) is 22.2 Å². The molecule has 43 heavy (non-hydrogen) atoms. The van der Waals surface area contributed by atoms with Crippen LogP contribution in [0.5, 0.6) is 5.75 Å². The topological polar surface area (TPSA) is 138 Å². The van der Waals surface area contributed by atoms with Crippen molar-refractivity contribution >= 4 is 61.6 Å². The number of nitrogens with zero attached hydrogens (tertiary/aromatic N) is 3. The minimum absolute atomic E-state index is 0.0269. The van der Waals surface area contributed by atoms with E-state index in [0.29, 0.717) is 27.5 Å². The molecule has 0 unspecified atom stereocenters. The highest BCUT2D eigenvalue weighted by atomic mass is 35.5. The van der Waals surface area contributed by atoms with Gasteiger partial charge in [0.05, 0.1) is 29.3 Å². The standard InChI is InChI=1S/C28H26ClFN4O7S2/c1-2-32-16-24(41-28(37)38)26(35)20-13-21(30)23(14-22(20)32)33-9-11-34(12-10-33)43(39,40)25-8-7-19(42-25)15-31-27(36)17-3-5-18(29)6-4-17/h3-8,13-14,16H,2,9-12,15H2,1H3,(H,31,36)(H,37,38). The van der Waals surface area contributed by atoms with Gasteiger partial charge in [-0.3, -0.25) is 9.59 Å². The van der Waals surface area contributed by atoms with Gasteiger partial charge in [0.25, 0.3) is 15.9 Å². The molecule has 2 N–H and O–H groups in total. The van der Waals surface area contributed by atoms with E-state index in [1.807, 2.05) is 0 Å². The first kappa shape index (κ1) is 30.5. The van der Waals surface area contributed by atoms with Crippen molar-refractivity contribution in [2.75, 3.05) is 31.1 Å². The zero-order valence-electron chi connectivity index (χ0n) is 22.7. The molecule has 15 heteroatoms. The Kier molecular flexibility index (Phi) is 8.74. The number of nitrogens with one attached hydrogen (secondary N) is 1. The average molecular weight is 649 g/mol. The zero-order chi connectivity index (χ0) is 30.9. The van der Waals surface area contributed by atoms with Crippen molar-refractivity contribution in [3.8, 4) is 5.75 Å². The zero-order valence-corrected chi connectivity index (χ0v) is 25.1. The maximum Gasteiger partial charge on any atom is 0.511 e. The predicted octanol–water partition coefficient (Wildman–Crippen LogP) is 4.37. The van der Waals surface area contributed by atoms with Crippen LogP contribution in [0.2, 0.25) is 5.02 Å². The van der Waals surface area contributed by atoms with E-state index >= 15 is 4.39 Å². The quantitative estimate of drug-likeness (QED) is 0.269. The van der Waals surface area contributed by atoms with Crippen LogP contribution in [0.25, 0.3) is 10.9 Å². The molecule has 3 heterocycles. The van der Waals surface area contributed by atoms with Crippen LogP contribution < -0.4 is 20.4 Å². The molecule has 4 aromatic rings. The first-order valence-electron chi connectivity index (χ1n) is 13.1. The molecule has 0 spiro atoms. The lowest BCUT2D eigenvalue weighted by atomic mass is 10.1. The normalized spacial score (nSPS) is 14.2. The van der Waals surface area contributed by atoms with Crippen molar-refractivity contribution in [1.82, 2.24) is 14.2 Å². The highest BCUT2D eigenvalue weighted by Gasteiger charge is 2.31. The number of fused-ring (bicyclic) bond motifs is 1. The number of piperazine rings is 1. The van der Waals surface area contributed by atoms with Crippen LogP contribution >= 0.6 is 22.9 Å². The molecular weight excluding hydrogens is 623 g/mol. The first-order chi connectivity index (χ1) is 20.5. The first-order valence-corrected chi connectivity index (χ1v) is 15.8. The van der Waals surface area contributed by atoms with Gasteiger partial charge in [0.15, 0.2) is 5.75 Å². The lowest BCUT2D eigenvalue weighted by molar-refractivity contribution is 0.0951. The fraction of sp³-hybridized carbons (Fsp3) is 0.250. The summed E-state index contributed by atoms with van der Waals surface area (Å²) in [6, 6.07) is 12.1. The number of hydrogen-bond acceptors (Lipinski definition) is 8. The Hall–Kier alpha value is -3.98.